The van der Waals surface area contributed by atoms with Gasteiger partial charge in [0, 0.05) is 12.1 Å². The van der Waals surface area contributed by atoms with Crippen LogP contribution in [0.25, 0.3) is 0 Å². The van der Waals surface area contributed by atoms with Gasteiger partial charge in [-0.25, -0.2) is 13.6 Å². The number of hydrogen-bond acceptors (Lipinski definition) is 4. The first-order valence-corrected chi connectivity index (χ1v) is 8.04. The largest absolute Gasteiger partial charge is 0.439 e. The number of carbonyl (C=O) groups is 1. The fourth-order valence-corrected chi connectivity index (χ4v) is 2.23. The van der Waals surface area contributed by atoms with Gasteiger partial charge in [-0.3, -0.25) is 4.79 Å². The van der Waals surface area contributed by atoms with Crippen LogP contribution in [0.4, 0.5) is 32.0 Å². The molecular formula is C12H13F6N3O3S. The first-order valence-electron chi connectivity index (χ1n) is 6.49. The average molecular weight is 393 g/mol. The maximum Gasteiger partial charge on any atom is 0.439 e. The molecule has 0 fully saturated rings. The van der Waals surface area contributed by atoms with E-state index in [-0.39, 0.29) is 0 Å². The van der Waals surface area contributed by atoms with Crippen LogP contribution in [0, 0.1) is 0 Å². The number of amides is 1. The van der Waals surface area contributed by atoms with Crippen LogP contribution in [-0.4, -0.2) is 32.3 Å². The molecule has 0 aromatic heterocycles. The lowest BCUT2D eigenvalue weighted by Gasteiger charge is -2.38. The van der Waals surface area contributed by atoms with Gasteiger partial charge in [0.25, 0.3) is 0 Å². The number of nitrogens with one attached hydrogen (secondary N) is 2. The molecule has 0 aliphatic carbocycles. The number of anilines is 1. The molecule has 0 atom stereocenters. The Kier molecular flexibility index (Phi) is 5.64. The lowest BCUT2D eigenvalue weighted by atomic mass is 10.1. The summed E-state index contributed by atoms with van der Waals surface area (Å²) in [7, 11) is -4.19. The molecule has 0 radical (unpaired) electrons. The van der Waals surface area contributed by atoms with Crippen molar-refractivity contribution in [3.63, 3.8) is 0 Å². The Labute approximate surface area is 138 Å². The molecule has 25 heavy (non-hydrogen) atoms. The van der Waals surface area contributed by atoms with Gasteiger partial charge in [-0.15, -0.1) is 0 Å². The Hall–Kier alpha value is -2.02. The predicted octanol–water partition coefficient (Wildman–Crippen LogP) is 2.09. The van der Waals surface area contributed by atoms with E-state index in [1.54, 1.807) is 0 Å². The Bertz CT molecular complexity index is 714. The van der Waals surface area contributed by atoms with Gasteiger partial charge in [-0.2, -0.15) is 26.3 Å². The molecule has 0 spiro atoms. The van der Waals surface area contributed by atoms with Crippen LogP contribution >= 0.6 is 0 Å². The predicted molar refractivity (Wildman–Crippen MR) is 74.7 cm³/mol. The number of halogens is 6. The highest BCUT2D eigenvalue weighted by Crippen LogP contribution is 2.43. The van der Waals surface area contributed by atoms with E-state index in [4.69, 9.17) is 5.14 Å². The number of sulfonamides is 1. The van der Waals surface area contributed by atoms with Crippen molar-refractivity contribution in [2.45, 2.75) is 36.3 Å². The normalized spacial score (nSPS) is 13.4. The molecule has 0 heterocycles. The zero-order valence-electron chi connectivity index (χ0n) is 12.5. The molecule has 0 aliphatic heterocycles. The number of nitrogens with two attached hydrogens (primary N) is 1. The van der Waals surface area contributed by atoms with E-state index in [1.165, 1.54) is 5.32 Å². The SMILES string of the molecule is CCC(=O)NC(Nc1ccc(S(N)(=O)=O)cc1)(C(F)(F)F)C(F)(F)F. The lowest BCUT2D eigenvalue weighted by Crippen LogP contribution is -2.72. The van der Waals surface area contributed by atoms with Gasteiger partial charge in [0.05, 0.1) is 4.90 Å². The van der Waals surface area contributed by atoms with E-state index in [0.29, 0.717) is 12.1 Å². The summed E-state index contributed by atoms with van der Waals surface area (Å²) in [6.07, 6.45) is -12.5. The van der Waals surface area contributed by atoms with Crippen molar-refractivity contribution in [3.8, 4) is 0 Å². The van der Waals surface area contributed by atoms with E-state index in [2.05, 4.69) is 0 Å². The van der Waals surface area contributed by atoms with Crippen LogP contribution in [0.5, 0.6) is 0 Å². The van der Waals surface area contributed by atoms with Gasteiger partial charge >= 0.3 is 18.0 Å². The number of alkyl halides is 6. The van der Waals surface area contributed by atoms with Gasteiger partial charge in [0.1, 0.15) is 0 Å². The second-order valence-corrected chi connectivity index (χ2v) is 6.40. The standard InChI is InChI=1S/C12H13F6N3O3S/c1-2-9(22)21-10(11(13,14)15,12(16,17)18)20-7-3-5-8(6-4-7)25(19,23)24/h3-6,20H,2H2,1H3,(H,21,22)(H2,19,23,24). The summed E-state index contributed by atoms with van der Waals surface area (Å²) in [6.45, 7) is 1.08. The quantitative estimate of drug-likeness (QED) is 0.527. The highest BCUT2D eigenvalue weighted by molar-refractivity contribution is 7.89. The molecule has 6 nitrogen and oxygen atoms in total. The molecule has 1 amide bonds. The molecule has 1 rings (SSSR count). The summed E-state index contributed by atoms with van der Waals surface area (Å²) in [6, 6.07) is 2.75. The van der Waals surface area contributed by atoms with Crippen LogP contribution in [0.15, 0.2) is 29.2 Å². The Morgan fingerprint density at radius 1 is 1.04 bits per heavy atom. The molecule has 1 aromatic carbocycles. The van der Waals surface area contributed by atoms with Crippen LogP contribution in [0.2, 0.25) is 0 Å². The summed E-state index contributed by atoms with van der Waals surface area (Å²) < 4.78 is 101. The average Bonchev–Trinajstić information content (AvgIpc) is 2.43. The Morgan fingerprint density at radius 3 is 1.80 bits per heavy atom. The molecule has 0 aliphatic rings. The van der Waals surface area contributed by atoms with E-state index < -0.39 is 50.9 Å². The van der Waals surface area contributed by atoms with Gasteiger partial charge in [-0.1, -0.05) is 6.92 Å². The molecule has 142 valence electrons. The van der Waals surface area contributed by atoms with Crippen molar-refractivity contribution in [1.82, 2.24) is 5.32 Å². The number of carbonyl (C=O) groups excluding carboxylic acids is 1. The third-order valence-corrected chi connectivity index (χ3v) is 3.94. The monoisotopic (exact) mass is 393 g/mol. The number of benzene rings is 1. The van der Waals surface area contributed by atoms with Crippen molar-refractivity contribution in [2.75, 3.05) is 5.32 Å². The third kappa shape index (κ3) is 4.54. The maximum absolute atomic E-state index is 13.2. The summed E-state index contributed by atoms with van der Waals surface area (Å²) in [5.74, 6) is -1.50. The second-order valence-electron chi connectivity index (χ2n) is 4.84. The van der Waals surface area contributed by atoms with Crippen molar-refractivity contribution in [1.29, 1.82) is 0 Å². The molecule has 13 heteroatoms. The van der Waals surface area contributed by atoms with E-state index in [9.17, 15) is 39.6 Å². The van der Waals surface area contributed by atoms with Gasteiger partial charge < -0.3 is 10.6 Å². The smallest absolute Gasteiger partial charge is 0.348 e. The lowest BCUT2D eigenvalue weighted by molar-refractivity contribution is -0.295. The first-order chi connectivity index (χ1) is 11.1. The third-order valence-electron chi connectivity index (χ3n) is 3.01. The van der Waals surface area contributed by atoms with Crippen LogP contribution < -0.4 is 15.8 Å². The maximum atomic E-state index is 13.2. The van der Waals surface area contributed by atoms with Gasteiger partial charge in [-0.05, 0) is 24.3 Å². The fourth-order valence-electron chi connectivity index (χ4n) is 1.72. The minimum Gasteiger partial charge on any atom is -0.348 e. The minimum atomic E-state index is -5.95. The zero-order chi connectivity index (χ0) is 19.7. The molecule has 0 saturated heterocycles. The molecule has 4 N–H and O–H groups in total. The molecule has 0 bridgehead atoms. The summed E-state index contributed by atoms with van der Waals surface area (Å²) >= 11 is 0. The molecular weight excluding hydrogens is 380 g/mol. The first kappa shape index (κ1) is 21.0. The number of hydrogen-bond donors (Lipinski definition) is 3. The second kappa shape index (κ2) is 6.71. The van der Waals surface area contributed by atoms with Crippen molar-refractivity contribution < 1.29 is 39.6 Å². The fraction of sp³-hybridized carbons (Fsp3) is 0.417. The van der Waals surface area contributed by atoms with E-state index in [1.807, 2.05) is 0 Å². The highest BCUT2D eigenvalue weighted by atomic mass is 32.2. The molecule has 1 aromatic rings. The van der Waals surface area contributed by atoms with E-state index in [0.717, 1.165) is 24.4 Å². The van der Waals surface area contributed by atoms with Crippen molar-refractivity contribution in [3.05, 3.63) is 24.3 Å². The number of primary sulfonamides is 1. The van der Waals surface area contributed by atoms with E-state index >= 15 is 0 Å². The van der Waals surface area contributed by atoms with Crippen molar-refractivity contribution in [2.24, 2.45) is 5.14 Å². The molecule has 0 unspecified atom stereocenters. The number of rotatable bonds is 5. The highest BCUT2D eigenvalue weighted by Gasteiger charge is 2.72. The Morgan fingerprint density at radius 2 is 1.48 bits per heavy atom. The molecule has 0 saturated carbocycles. The zero-order valence-corrected chi connectivity index (χ0v) is 13.3. The topological polar surface area (TPSA) is 101 Å². The minimum absolute atomic E-state index is 0.514. The van der Waals surface area contributed by atoms with Gasteiger partial charge in [0.2, 0.25) is 15.9 Å². The summed E-state index contributed by atoms with van der Waals surface area (Å²) in [4.78, 5) is 10.7. The summed E-state index contributed by atoms with van der Waals surface area (Å²) in [5, 5.41) is 6.90. The van der Waals surface area contributed by atoms with Crippen LogP contribution in [0.1, 0.15) is 13.3 Å². The van der Waals surface area contributed by atoms with Gasteiger partial charge in [0.15, 0.2) is 0 Å². The van der Waals surface area contributed by atoms with Crippen LogP contribution in [-0.2, 0) is 14.8 Å². The Balaban J connectivity index is 3.40. The van der Waals surface area contributed by atoms with Crippen molar-refractivity contribution >= 4 is 21.6 Å². The van der Waals surface area contributed by atoms with Crippen LogP contribution in [0.3, 0.4) is 0 Å². The summed E-state index contributed by atoms with van der Waals surface area (Å²) in [5.41, 5.74) is -5.49.